The Kier molecular flexibility index (Phi) is 23.4. The lowest BCUT2D eigenvalue weighted by Gasteiger charge is -2.01. The Morgan fingerprint density at radius 2 is 0.562 bits per heavy atom. The summed E-state index contributed by atoms with van der Waals surface area (Å²) in [5.74, 6) is 0. The summed E-state index contributed by atoms with van der Waals surface area (Å²) in [7, 11) is 0. The highest BCUT2D eigenvalue weighted by Gasteiger charge is 1.91. The van der Waals surface area contributed by atoms with Crippen molar-refractivity contribution < 1.29 is 0 Å². The van der Waals surface area contributed by atoms with Gasteiger partial charge in [0.15, 0.2) is 0 Å². The summed E-state index contributed by atoms with van der Waals surface area (Å²) in [5.41, 5.74) is 0. The van der Waals surface area contributed by atoms with Crippen molar-refractivity contribution in [2.24, 2.45) is 0 Å². The third-order valence-electron chi connectivity index (χ3n) is 2.96. The highest BCUT2D eigenvalue weighted by Crippen LogP contribution is 2.11. The summed E-state index contributed by atoms with van der Waals surface area (Å²) in [5, 5.41) is 0. The molecule has 0 radical (unpaired) electrons. The smallest absolute Gasteiger partial charge is 0.0533 e. The molecule has 0 aromatic heterocycles. The van der Waals surface area contributed by atoms with Crippen LogP contribution in [0.15, 0.2) is 0 Å². The lowest BCUT2D eigenvalue weighted by atomic mass is 10.1. The lowest BCUT2D eigenvalue weighted by molar-refractivity contribution is 0.548. The minimum atomic E-state index is 1.37. The van der Waals surface area contributed by atoms with Gasteiger partial charge in [-0.1, -0.05) is 105 Å². The van der Waals surface area contributed by atoms with Crippen LogP contribution < -0.4 is 0 Å². The fourth-order valence-electron chi connectivity index (χ4n) is 1.91. The van der Waals surface area contributed by atoms with Crippen molar-refractivity contribution >= 4 is 0 Å². The van der Waals surface area contributed by atoms with Crippen molar-refractivity contribution in [3.63, 3.8) is 0 Å². The van der Waals surface area contributed by atoms with Crippen molar-refractivity contribution in [2.75, 3.05) is 0 Å². The van der Waals surface area contributed by atoms with Crippen LogP contribution in [-0.4, -0.2) is 0 Å². The van der Waals surface area contributed by atoms with E-state index in [1.165, 1.54) is 77.0 Å². The summed E-state index contributed by atoms with van der Waals surface area (Å²) in [6.45, 7) is 8.57. The first-order valence-corrected chi connectivity index (χ1v) is 7.91. The molecular formula is C16H36. The van der Waals surface area contributed by atoms with Gasteiger partial charge < -0.3 is 0 Å². The van der Waals surface area contributed by atoms with E-state index >= 15 is 0 Å². The molecule has 0 unspecified atom stereocenters. The molecule has 0 saturated carbocycles. The molecule has 0 aliphatic heterocycles. The summed E-state index contributed by atoms with van der Waals surface area (Å²) < 4.78 is 0. The Morgan fingerprint density at radius 1 is 0.375 bits per heavy atom. The molecule has 0 N–H and O–H groups in total. The minimum absolute atomic E-state index is 1.37. The van der Waals surface area contributed by atoms with Gasteiger partial charge in [-0.15, -0.1) is 0 Å². The monoisotopic (exact) mass is 228 g/mol. The van der Waals surface area contributed by atoms with E-state index < -0.39 is 0 Å². The lowest BCUT2D eigenvalue weighted by Crippen LogP contribution is -1.81. The Morgan fingerprint density at radius 3 is 0.750 bits per heavy atom. The van der Waals surface area contributed by atoms with Crippen LogP contribution in [0.4, 0.5) is 0 Å². The molecule has 0 aliphatic rings. The average molecular weight is 228 g/mol. The molecule has 0 aliphatic carbocycles. The minimum Gasteiger partial charge on any atom is -0.0683 e. The van der Waals surface area contributed by atoms with Crippen LogP contribution in [0, 0.1) is 0 Å². The summed E-state index contributed by atoms with van der Waals surface area (Å²) >= 11 is 0. The number of hydrogen-bond acceptors (Lipinski definition) is 0. The molecule has 0 bridgehead atoms. The molecule has 100 valence electrons. The highest BCUT2D eigenvalue weighted by molar-refractivity contribution is 4.47. The van der Waals surface area contributed by atoms with E-state index in [9.17, 15) is 0 Å². The van der Waals surface area contributed by atoms with Gasteiger partial charge in [-0.2, -0.15) is 0 Å². The first kappa shape index (κ1) is 18.4. The molecule has 0 fully saturated rings. The molecule has 0 nitrogen and oxygen atoms in total. The van der Waals surface area contributed by atoms with Crippen molar-refractivity contribution in [3.8, 4) is 0 Å². The standard InChI is InChI=1S/C14H30.C2H6/c1-3-5-7-9-11-13-14-12-10-8-6-4-2;1-2/h3-14H2,1-2H3;1-2H3. The van der Waals surface area contributed by atoms with Crippen LogP contribution in [0.3, 0.4) is 0 Å². The van der Waals surface area contributed by atoms with E-state index in [2.05, 4.69) is 13.8 Å². The Balaban J connectivity index is 0. The third-order valence-corrected chi connectivity index (χ3v) is 2.96. The van der Waals surface area contributed by atoms with Crippen LogP contribution >= 0.6 is 0 Å². The fraction of sp³-hybridized carbons (Fsp3) is 1.00. The van der Waals surface area contributed by atoms with E-state index in [0.29, 0.717) is 0 Å². The van der Waals surface area contributed by atoms with Gasteiger partial charge in [-0.25, -0.2) is 0 Å². The van der Waals surface area contributed by atoms with Crippen LogP contribution in [0.25, 0.3) is 0 Å². The molecular weight excluding hydrogens is 192 g/mol. The van der Waals surface area contributed by atoms with E-state index in [1.54, 1.807) is 0 Å². The molecule has 0 amide bonds. The molecule has 0 spiro atoms. The van der Waals surface area contributed by atoms with Gasteiger partial charge >= 0.3 is 0 Å². The van der Waals surface area contributed by atoms with E-state index in [1.807, 2.05) is 13.8 Å². The molecule has 0 aromatic rings. The number of hydrogen-bond donors (Lipinski definition) is 0. The third kappa shape index (κ3) is 19.6. The summed E-state index contributed by atoms with van der Waals surface area (Å²) in [4.78, 5) is 0. The quantitative estimate of drug-likeness (QED) is 0.344. The van der Waals surface area contributed by atoms with Gasteiger partial charge in [0.1, 0.15) is 0 Å². The van der Waals surface area contributed by atoms with Crippen LogP contribution in [-0.2, 0) is 0 Å². The second-order valence-electron chi connectivity index (χ2n) is 4.54. The van der Waals surface area contributed by atoms with Gasteiger partial charge in [0.05, 0.1) is 0 Å². The second-order valence-corrected chi connectivity index (χ2v) is 4.54. The zero-order valence-electron chi connectivity index (χ0n) is 12.5. The van der Waals surface area contributed by atoms with Gasteiger partial charge in [-0.3, -0.25) is 0 Å². The second kappa shape index (κ2) is 20.4. The normalized spacial score (nSPS) is 9.75. The molecule has 16 heavy (non-hydrogen) atoms. The Bertz CT molecular complexity index is 74.0. The molecule has 0 aromatic carbocycles. The number of unbranched alkanes of at least 4 members (excludes halogenated alkanes) is 11. The summed E-state index contributed by atoms with van der Waals surface area (Å²) in [6.07, 6.45) is 17.4. The van der Waals surface area contributed by atoms with Crippen LogP contribution in [0.5, 0.6) is 0 Å². The molecule has 0 atom stereocenters. The van der Waals surface area contributed by atoms with Crippen LogP contribution in [0.2, 0.25) is 0 Å². The maximum absolute atomic E-state index is 2.29. The van der Waals surface area contributed by atoms with E-state index in [4.69, 9.17) is 0 Å². The molecule has 0 saturated heterocycles. The van der Waals surface area contributed by atoms with Gasteiger partial charge in [-0.05, 0) is 0 Å². The molecule has 0 heterocycles. The van der Waals surface area contributed by atoms with Gasteiger partial charge in [0.25, 0.3) is 0 Å². The predicted octanol–water partition coefficient (Wildman–Crippen LogP) is 6.73. The molecule has 0 heteroatoms. The van der Waals surface area contributed by atoms with Crippen molar-refractivity contribution in [1.29, 1.82) is 0 Å². The number of rotatable bonds is 11. The average Bonchev–Trinajstić information content (AvgIpc) is 2.34. The van der Waals surface area contributed by atoms with E-state index in [0.717, 1.165) is 0 Å². The van der Waals surface area contributed by atoms with Gasteiger partial charge in [0, 0.05) is 0 Å². The zero-order chi connectivity index (χ0) is 12.5. The van der Waals surface area contributed by atoms with Crippen molar-refractivity contribution in [2.45, 2.75) is 105 Å². The molecule has 0 rings (SSSR count). The van der Waals surface area contributed by atoms with Crippen molar-refractivity contribution in [1.82, 2.24) is 0 Å². The van der Waals surface area contributed by atoms with Crippen LogP contribution in [0.1, 0.15) is 105 Å². The summed E-state index contributed by atoms with van der Waals surface area (Å²) in [6, 6.07) is 0. The highest BCUT2D eigenvalue weighted by atomic mass is 14.0. The predicted molar refractivity (Wildman–Crippen MR) is 78.1 cm³/mol. The maximum atomic E-state index is 2.29. The Hall–Kier alpha value is 0. The Labute approximate surface area is 105 Å². The topological polar surface area (TPSA) is 0 Å². The SMILES string of the molecule is CC.CCCCCCCCCCCCCC. The first-order valence-electron chi connectivity index (χ1n) is 7.91. The largest absolute Gasteiger partial charge is 0.0683 e. The maximum Gasteiger partial charge on any atom is -0.0533 e. The van der Waals surface area contributed by atoms with Crippen molar-refractivity contribution in [3.05, 3.63) is 0 Å². The zero-order valence-corrected chi connectivity index (χ0v) is 12.5. The van der Waals surface area contributed by atoms with E-state index in [-0.39, 0.29) is 0 Å². The van der Waals surface area contributed by atoms with Gasteiger partial charge in [0.2, 0.25) is 0 Å². The fourth-order valence-corrected chi connectivity index (χ4v) is 1.91. The first-order chi connectivity index (χ1) is 7.91.